The number of hydrogen-bond donors (Lipinski definition) is 1. The molecule has 0 aliphatic rings. The van der Waals surface area contributed by atoms with Gasteiger partial charge >= 0.3 is 0 Å². The molecule has 0 radical (unpaired) electrons. The second-order valence-electron chi connectivity index (χ2n) is 2.76. The van der Waals surface area contributed by atoms with E-state index in [0.717, 1.165) is 6.42 Å². The molecule has 11 heavy (non-hydrogen) atoms. The molecule has 3 heteroatoms. The summed E-state index contributed by atoms with van der Waals surface area (Å²) in [5.41, 5.74) is 2.79. The standard InChI is InChI=1S/C8H15N3/c1-8(2)4-7-11-10-6-3-5-9/h7-8,10H,3-4,6H2,1-2H3. The van der Waals surface area contributed by atoms with E-state index in [1.165, 1.54) is 0 Å². The molecule has 0 aliphatic carbocycles. The second kappa shape index (κ2) is 7.07. The van der Waals surface area contributed by atoms with Crippen LogP contribution in [0.3, 0.4) is 0 Å². The first-order valence-electron chi connectivity index (χ1n) is 3.88. The highest BCUT2D eigenvalue weighted by atomic mass is 15.3. The van der Waals surface area contributed by atoms with Gasteiger partial charge in [-0.3, -0.25) is 0 Å². The SMILES string of the molecule is CC(C)CC=NNCCC#N. The largest absolute Gasteiger partial charge is 0.309 e. The van der Waals surface area contributed by atoms with Crippen LogP contribution in [0.15, 0.2) is 5.10 Å². The Morgan fingerprint density at radius 2 is 2.36 bits per heavy atom. The van der Waals surface area contributed by atoms with Crippen molar-refractivity contribution in [2.75, 3.05) is 6.54 Å². The van der Waals surface area contributed by atoms with Gasteiger partial charge in [0, 0.05) is 12.8 Å². The van der Waals surface area contributed by atoms with E-state index < -0.39 is 0 Å². The molecule has 0 aromatic rings. The Labute approximate surface area is 68.1 Å². The van der Waals surface area contributed by atoms with Gasteiger partial charge in [0.1, 0.15) is 0 Å². The lowest BCUT2D eigenvalue weighted by Crippen LogP contribution is -2.06. The summed E-state index contributed by atoms with van der Waals surface area (Å²) in [4.78, 5) is 0. The van der Waals surface area contributed by atoms with Crippen molar-refractivity contribution in [3.63, 3.8) is 0 Å². The number of hydrazone groups is 1. The van der Waals surface area contributed by atoms with Gasteiger partial charge in [0.15, 0.2) is 0 Å². The van der Waals surface area contributed by atoms with Crippen LogP contribution in [0.2, 0.25) is 0 Å². The fourth-order valence-electron chi connectivity index (χ4n) is 0.504. The molecular weight excluding hydrogens is 138 g/mol. The molecule has 3 nitrogen and oxygen atoms in total. The van der Waals surface area contributed by atoms with Crippen LogP contribution in [0.25, 0.3) is 0 Å². The summed E-state index contributed by atoms with van der Waals surface area (Å²) in [6, 6.07) is 2.03. The zero-order valence-corrected chi connectivity index (χ0v) is 7.17. The van der Waals surface area contributed by atoms with Crippen molar-refractivity contribution in [1.29, 1.82) is 5.26 Å². The Morgan fingerprint density at radius 3 is 2.91 bits per heavy atom. The molecule has 0 spiro atoms. The number of nitrogens with one attached hydrogen (secondary N) is 1. The normalized spacial score (nSPS) is 10.4. The predicted molar refractivity (Wildman–Crippen MR) is 46.2 cm³/mol. The molecule has 0 atom stereocenters. The van der Waals surface area contributed by atoms with E-state index in [2.05, 4.69) is 24.4 Å². The smallest absolute Gasteiger partial charge is 0.0640 e. The Morgan fingerprint density at radius 1 is 1.64 bits per heavy atom. The second-order valence-corrected chi connectivity index (χ2v) is 2.76. The van der Waals surface area contributed by atoms with Gasteiger partial charge in [-0.25, -0.2) is 0 Å². The van der Waals surface area contributed by atoms with E-state index in [1.54, 1.807) is 0 Å². The van der Waals surface area contributed by atoms with Crippen molar-refractivity contribution in [3.8, 4) is 6.07 Å². The third kappa shape index (κ3) is 8.96. The van der Waals surface area contributed by atoms with Crippen LogP contribution in [0, 0.1) is 17.2 Å². The fraction of sp³-hybridized carbons (Fsp3) is 0.750. The van der Waals surface area contributed by atoms with E-state index in [-0.39, 0.29) is 0 Å². The molecule has 0 saturated carbocycles. The van der Waals surface area contributed by atoms with Crippen LogP contribution < -0.4 is 5.43 Å². The van der Waals surface area contributed by atoms with Gasteiger partial charge in [-0.05, 0) is 12.3 Å². The summed E-state index contributed by atoms with van der Waals surface area (Å²) in [5, 5.41) is 12.1. The van der Waals surface area contributed by atoms with Gasteiger partial charge in [0.05, 0.1) is 12.5 Å². The van der Waals surface area contributed by atoms with Gasteiger partial charge in [-0.15, -0.1) is 0 Å². The van der Waals surface area contributed by atoms with Gasteiger partial charge in [-0.2, -0.15) is 10.4 Å². The van der Waals surface area contributed by atoms with Crippen molar-refractivity contribution >= 4 is 6.21 Å². The maximum Gasteiger partial charge on any atom is 0.0640 e. The van der Waals surface area contributed by atoms with Gasteiger partial charge in [0.2, 0.25) is 0 Å². The number of hydrogen-bond acceptors (Lipinski definition) is 3. The molecule has 0 amide bonds. The average Bonchev–Trinajstić information content (AvgIpc) is 1.96. The highest BCUT2D eigenvalue weighted by Crippen LogP contribution is 1.93. The van der Waals surface area contributed by atoms with Crippen LogP contribution in [0.4, 0.5) is 0 Å². The molecule has 0 fully saturated rings. The molecule has 0 aromatic heterocycles. The fourth-order valence-corrected chi connectivity index (χ4v) is 0.504. The van der Waals surface area contributed by atoms with E-state index in [4.69, 9.17) is 5.26 Å². The van der Waals surface area contributed by atoms with E-state index >= 15 is 0 Å². The first-order chi connectivity index (χ1) is 5.27. The highest BCUT2D eigenvalue weighted by molar-refractivity contribution is 5.56. The summed E-state index contributed by atoms with van der Waals surface area (Å²) in [6.07, 6.45) is 3.35. The van der Waals surface area contributed by atoms with Crippen molar-refractivity contribution < 1.29 is 0 Å². The van der Waals surface area contributed by atoms with Gasteiger partial charge < -0.3 is 5.43 Å². The van der Waals surface area contributed by atoms with E-state index in [9.17, 15) is 0 Å². The molecular formula is C8H15N3. The number of nitriles is 1. The summed E-state index contributed by atoms with van der Waals surface area (Å²) < 4.78 is 0. The Balaban J connectivity index is 3.11. The minimum absolute atomic E-state index is 0.513. The highest BCUT2D eigenvalue weighted by Gasteiger charge is 1.86. The van der Waals surface area contributed by atoms with Crippen LogP contribution >= 0.6 is 0 Å². The zero-order valence-electron chi connectivity index (χ0n) is 7.17. The molecule has 0 heterocycles. The maximum atomic E-state index is 8.17. The Kier molecular flexibility index (Phi) is 6.40. The van der Waals surface area contributed by atoms with Crippen molar-refractivity contribution in [2.24, 2.45) is 11.0 Å². The first kappa shape index (κ1) is 9.96. The minimum Gasteiger partial charge on any atom is -0.309 e. The third-order valence-corrected chi connectivity index (χ3v) is 1.11. The summed E-state index contributed by atoms with van der Waals surface area (Å²) >= 11 is 0. The molecule has 0 unspecified atom stereocenters. The Hall–Kier alpha value is -1.04. The van der Waals surface area contributed by atoms with E-state index in [0.29, 0.717) is 18.9 Å². The van der Waals surface area contributed by atoms with Crippen molar-refractivity contribution in [1.82, 2.24) is 5.43 Å². The quantitative estimate of drug-likeness (QED) is 0.370. The molecule has 0 aliphatic heterocycles. The van der Waals surface area contributed by atoms with Crippen LogP contribution in [-0.2, 0) is 0 Å². The van der Waals surface area contributed by atoms with E-state index in [1.807, 2.05) is 12.3 Å². The van der Waals surface area contributed by atoms with Crippen LogP contribution in [0.5, 0.6) is 0 Å². The number of nitrogens with zero attached hydrogens (tertiary/aromatic N) is 2. The molecule has 0 saturated heterocycles. The van der Waals surface area contributed by atoms with Gasteiger partial charge in [-0.1, -0.05) is 13.8 Å². The van der Waals surface area contributed by atoms with Crippen molar-refractivity contribution in [3.05, 3.63) is 0 Å². The van der Waals surface area contributed by atoms with Crippen molar-refractivity contribution in [2.45, 2.75) is 26.7 Å². The summed E-state index contributed by atoms with van der Waals surface area (Å²) in [7, 11) is 0. The number of rotatable bonds is 5. The third-order valence-electron chi connectivity index (χ3n) is 1.11. The molecule has 62 valence electrons. The average molecular weight is 153 g/mol. The topological polar surface area (TPSA) is 48.2 Å². The molecule has 0 rings (SSSR count). The molecule has 1 N–H and O–H groups in total. The van der Waals surface area contributed by atoms with Crippen LogP contribution in [-0.4, -0.2) is 12.8 Å². The summed E-state index contributed by atoms with van der Waals surface area (Å²) in [5.74, 6) is 0.650. The van der Waals surface area contributed by atoms with Crippen LogP contribution in [0.1, 0.15) is 26.7 Å². The minimum atomic E-state index is 0.513. The molecule has 0 aromatic carbocycles. The predicted octanol–water partition coefficient (Wildman–Crippen LogP) is 1.52. The lowest BCUT2D eigenvalue weighted by atomic mass is 10.2. The maximum absolute atomic E-state index is 8.17. The Bertz CT molecular complexity index is 144. The lowest BCUT2D eigenvalue weighted by molar-refractivity contribution is 0.679. The summed E-state index contributed by atoms with van der Waals surface area (Å²) in [6.45, 7) is 4.92. The zero-order chi connectivity index (χ0) is 8.53. The first-order valence-corrected chi connectivity index (χ1v) is 3.88. The monoisotopic (exact) mass is 153 g/mol. The molecule has 0 bridgehead atoms. The van der Waals surface area contributed by atoms with Gasteiger partial charge in [0.25, 0.3) is 0 Å². The lowest BCUT2D eigenvalue weighted by Gasteiger charge is -1.96.